The minimum atomic E-state index is 0.445. The van der Waals surface area contributed by atoms with Crippen LogP contribution in [-0.4, -0.2) is 43.4 Å². The molecule has 19 heavy (non-hydrogen) atoms. The lowest BCUT2D eigenvalue weighted by atomic mass is 10.0. The van der Waals surface area contributed by atoms with Gasteiger partial charge in [0.1, 0.15) is 12.4 Å². The van der Waals surface area contributed by atoms with E-state index in [1.165, 1.54) is 0 Å². The Hall–Kier alpha value is -1.86. The van der Waals surface area contributed by atoms with Crippen LogP contribution in [0.25, 0.3) is 0 Å². The zero-order valence-electron chi connectivity index (χ0n) is 11.6. The fraction of sp³-hybridized carbons (Fsp3) is 0.467. The van der Waals surface area contributed by atoms with E-state index in [4.69, 9.17) is 0 Å². The highest BCUT2D eigenvalue weighted by Crippen LogP contribution is 2.25. The third-order valence-electron chi connectivity index (χ3n) is 3.98. The van der Waals surface area contributed by atoms with Gasteiger partial charge in [-0.25, -0.2) is 0 Å². The molecule has 0 aromatic heterocycles. The fourth-order valence-corrected chi connectivity index (χ4v) is 2.59. The first-order valence-electron chi connectivity index (χ1n) is 6.53. The molecule has 0 saturated carbocycles. The summed E-state index contributed by atoms with van der Waals surface area (Å²) in [6, 6.07) is 8.40. The summed E-state index contributed by atoms with van der Waals surface area (Å²) in [5, 5.41) is 9.25. The van der Waals surface area contributed by atoms with E-state index >= 15 is 0 Å². The molecule has 4 nitrogen and oxygen atoms in total. The molecule has 1 saturated heterocycles. The normalized spacial score (nSPS) is 24.0. The zero-order valence-corrected chi connectivity index (χ0v) is 11.6. The highest BCUT2D eigenvalue weighted by molar-refractivity contribution is 5.78. The van der Waals surface area contributed by atoms with Crippen molar-refractivity contribution < 1.29 is 4.79 Å². The maximum Gasteiger partial charge on any atom is 0.150 e. The highest BCUT2D eigenvalue weighted by Gasteiger charge is 2.27. The van der Waals surface area contributed by atoms with Crippen molar-refractivity contribution in [2.45, 2.75) is 25.9 Å². The summed E-state index contributed by atoms with van der Waals surface area (Å²) in [5.74, 6) is 0. The third kappa shape index (κ3) is 2.61. The van der Waals surface area contributed by atoms with Crippen molar-refractivity contribution in [1.82, 2.24) is 4.90 Å². The number of benzene rings is 1. The van der Waals surface area contributed by atoms with E-state index in [-0.39, 0.29) is 0 Å². The van der Waals surface area contributed by atoms with E-state index in [0.29, 0.717) is 23.2 Å². The molecule has 0 radical (unpaired) electrons. The van der Waals surface area contributed by atoms with Gasteiger partial charge in [0.25, 0.3) is 0 Å². The van der Waals surface area contributed by atoms with Crippen LogP contribution in [-0.2, 0) is 0 Å². The molecule has 1 aliphatic heterocycles. The van der Waals surface area contributed by atoms with E-state index in [9.17, 15) is 10.1 Å². The first kappa shape index (κ1) is 13.6. The quantitative estimate of drug-likeness (QED) is 0.759. The first-order valence-corrected chi connectivity index (χ1v) is 6.53. The summed E-state index contributed by atoms with van der Waals surface area (Å²) in [4.78, 5) is 15.4. The molecule has 2 unspecified atom stereocenters. The van der Waals surface area contributed by atoms with E-state index in [1.54, 1.807) is 12.1 Å². The Morgan fingerprint density at radius 2 is 1.95 bits per heavy atom. The first-order chi connectivity index (χ1) is 9.06. The van der Waals surface area contributed by atoms with Crippen molar-refractivity contribution in [3.63, 3.8) is 0 Å². The number of anilines is 1. The molecule has 0 spiro atoms. The van der Waals surface area contributed by atoms with Crippen LogP contribution in [0.2, 0.25) is 0 Å². The van der Waals surface area contributed by atoms with Gasteiger partial charge in [-0.15, -0.1) is 0 Å². The summed E-state index contributed by atoms with van der Waals surface area (Å²) in [6.45, 7) is 6.18. The second kappa shape index (κ2) is 5.41. The number of nitriles is 1. The van der Waals surface area contributed by atoms with Crippen LogP contribution in [0.15, 0.2) is 18.2 Å². The lowest BCUT2D eigenvalue weighted by molar-refractivity contribution is 0.112. The molecule has 0 N–H and O–H groups in total. The predicted molar refractivity (Wildman–Crippen MR) is 75.4 cm³/mol. The Morgan fingerprint density at radius 3 is 2.47 bits per heavy atom. The summed E-state index contributed by atoms with van der Waals surface area (Å²) in [7, 11) is 2.13. The second-order valence-electron chi connectivity index (χ2n) is 5.27. The minimum absolute atomic E-state index is 0.445. The number of hydrogen-bond acceptors (Lipinski definition) is 4. The number of likely N-dealkylation sites (N-methyl/N-ethyl adjacent to an activating group) is 1. The molecule has 2 atom stereocenters. The van der Waals surface area contributed by atoms with Gasteiger partial charge in [-0.1, -0.05) is 0 Å². The zero-order chi connectivity index (χ0) is 14.0. The average molecular weight is 257 g/mol. The van der Waals surface area contributed by atoms with Crippen molar-refractivity contribution in [1.29, 1.82) is 5.26 Å². The molecule has 0 bridgehead atoms. The van der Waals surface area contributed by atoms with Gasteiger partial charge in [0.2, 0.25) is 0 Å². The summed E-state index contributed by atoms with van der Waals surface area (Å²) in [6.07, 6.45) is 0.778. The smallest absolute Gasteiger partial charge is 0.150 e. The van der Waals surface area contributed by atoms with E-state index in [2.05, 4.69) is 36.8 Å². The number of aldehydes is 1. The number of carbonyl (C=O) groups is 1. The van der Waals surface area contributed by atoms with Crippen molar-refractivity contribution >= 4 is 12.0 Å². The maximum absolute atomic E-state index is 10.8. The molecule has 100 valence electrons. The summed E-state index contributed by atoms with van der Waals surface area (Å²) >= 11 is 0. The molecule has 1 aliphatic rings. The van der Waals surface area contributed by atoms with Gasteiger partial charge >= 0.3 is 0 Å². The van der Waals surface area contributed by atoms with Gasteiger partial charge in [0.05, 0.1) is 11.3 Å². The second-order valence-corrected chi connectivity index (χ2v) is 5.27. The summed E-state index contributed by atoms with van der Waals surface area (Å²) < 4.78 is 0. The Kier molecular flexibility index (Phi) is 3.87. The van der Waals surface area contributed by atoms with Crippen molar-refractivity contribution in [2.24, 2.45) is 0 Å². The average Bonchev–Trinajstić information content (AvgIpc) is 2.43. The number of hydrogen-bond donors (Lipinski definition) is 0. The van der Waals surface area contributed by atoms with Crippen LogP contribution >= 0.6 is 0 Å². The van der Waals surface area contributed by atoms with Crippen LogP contribution in [0.5, 0.6) is 0 Å². The minimum Gasteiger partial charge on any atom is -0.367 e. The van der Waals surface area contributed by atoms with E-state index in [0.717, 1.165) is 25.1 Å². The molecule has 0 aliphatic carbocycles. The fourth-order valence-electron chi connectivity index (χ4n) is 2.59. The molecular weight excluding hydrogens is 238 g/mol. The van der Waals surface area contributed by atoms with Gasteiger partial charge in [0, 0.05) is 30.7 Å². The van der Waals surface area contributed by atoms with Crippen LogP contribution in [0.1, 0.15) is 29.8 Å². The van der Waals surface area contributed by atoms with Gasteiger partial charge in [-0.3, -0.25) is 9.69 Å². The number of piperazine rings is 1. The molecular formula is C15H19N3O. The molecule has 1 aromatic carbocycles. The largest absolute Gasteiger partial charge is 0.367 e. The number of rotatable bonds is 2. The highest BCUT2D eigenvalue weighted by atomic mass is 16.1. The Balaban J connectivity index is 2.32. The standard InChI is InChI=1S/C15H19N3O/c1-11-8-18(9-12(2)17(11)3)15-5-4-13(10-19)6-14(15)7-16/h4-6,10-12H,8-9H2,1-3H3. The SMILES string of the molecule is CC1CN(c2ccc(C=O)cc2C#N)CC(C)N1C. The van der Waals surface area contributed by atoms with Crippen LogP contribution in [0.3, 0.4) is 0 Å². The van der Waals surface area contributed by atoms with Crippen molar-refractivity contribution in [3.8, 4) is 6.07 Å². The van der Waals surface area contributed by atoms with Crippen LogP contribution < -0.4 is 4.90 Å². The molecule has 1 aromatic rings. The maximum atomic E-state index is 10.8. The number of carbonyl (C=O) groups excluding carboxylic acids is 1. The topological polar surface area (TPSA) is 47.3 Å². The summed E-state index contributed by atoms with van der Waals surface area (Å²) in [5.41, 5.74) is 2.06. The predicted octanol–water partition coefficient (Wildman–Crippen LogP) is 1.90. The lowest BCUT2D eigenvalue weighted by Gasteiger charge is -2.43. The Bertz CT molecular complexity index is 509. The third-order valence-corrected chi connectivity index (χ3v) is 3.98. The van der Waals surface area contributed by atoms with Crippen molar-refractivity contribution in [3.05, 3.63) is 29.3 Å². The van der Waals surface area contributed by atoms with Gasteiger partial charge in [0.15, 0.2) is 0 Å². The van der Waals surface area contributed by atoms with E-state index in [1.807, 2.05) is 6.07 Å². The monoisotopic (exact) mass is 257 g/mol. The van der Waals surface area contributed by atoms with Crippen LogP contribution in [0.4, 0.5) is 5.69 Å². The number of nitrogens with zero attached hydrogens (tertiary/aromatic N) is 3. The molecule has 1 heterocycles. The van der Waals surface area contributed by atoms with Crippen LogP contribution in [0, 0.1) is 11.3 Å². The van der Waals surface area contributed by atoms with Gasteiger partial charge in [-0.05, 0) is 39.1 Å². The van der Waals surface area contributed by atoms with Gasteiger partial charge < -0.3 is 4.90 Å². The molecule has 0 amide bonds. The lowest BCUT2D eigenvalue weighted by Crippen LogP contribution is -2.55. The molecule has 2 rings (SSSR count). The van der Waals surface area contributed by atoms with Gasteiger partial charge in [-0.2, -0.15) is 5.26 Å². The van der Waals surface area contributed by atoms with E-state index < -0.39 is 0 Å². The Labute approximate surface area is 114 Å². The molecule has 4 heteroatoms. The van der Waals surface area contributed by atoms with Crippen molar-refractivity contribution in [2.75, 3.05) is 25.0 Å². The molecule has 1 fully saturated rings. The Morgan fingerprint density at radius 1 is 1.32 bits per heavy atom.